The van der Waals surface area contributed by atoms with Gasteiger partial charge in [0.05, 0.1) is 6.20 Å². The molecular weight excluding hydrogens is 241 g/mol. The fraction of sp³-hybridized carbons (Fsp3) is 0.400. The molecule has 1 atom stereocenters. The fourth-order valence-electron chi connectivity index (χ4n) is 2.15. The molecule has 0 aliphatic heterocycles. The zero-order valence-electron chi connectivity index (χ0n) is 11.4. The predicted octanol–water partition coefficient (Wildman–Crippen LogP) is 2.42. The highest BCUT2D eigenvalue weighted by Crippen LogP contribution is 2.10. The average molecular weight is 261 g/mol. The van der Waals surface area contributed by atoms with Gasteiger partial charge in [-0.3, -0.25) is 4.68 Å². The van der Waals surface area contributed by atoms with Crippen molar-refractivity contribution in [3.63, 3.8) is 0 Å². The van der Waals surface area contributed by atoms with Gasteiger partial charge in [0.1, 0.15) is 5.82 Å². The van der Waals surface area contributed by atoms with Gasteiger partial charge in [-0.1, -0.05) is 12.1 Å². The van der Waals surface area contributed by atoms with Gasteiger partial charge in [-0.05, 0) is 50.1 Å². The minimum atomic E-state index is -0.186. The van der Waals surface area contributed by atoms with Gasteiger partial charge < -0.3 is 5.32 Å². The minimum Gasteiger partial charge on any atom is -0.316 e. The SMILES string of the molecule is CCn1cc(CC(Cc2ccc(F)cc2)NC)cn1. The Bertz CT molecular complexity index is 504. The second-order valence-corrected chi connectivity index (χ2v) is 4.72. The second kappa shape index (κ2) is 6.48. The van der Waals surface area contributed by atoms with Crippen molar-refractivity contribution in [2.45, 2.75) is 32.4 Å². The Labute approximate surface area is 113 Å². The number of likely N-dealkylation sites (N-methyl/N-ethyl adjacent to an activating group) is 1. The largest absolute Gasteiger partial charge is 0.316 e. The molecule has 1 N–H and O–H groups in total. The summed E-state index contributed by atoms with van der Waals surface area (Å²) in [6.45, 7) is 2.97. The third kappa shape index (κ3) is 3.89. The molecule has 1 aromatic heterocycles. The lowest BCUT2D eigenvalue weighted by atomic mass is 10.0. The van der Waals surface area contributed by atoms with Gasteiger partial charge in [0, 0.05) is 18.8 Å². The molecule has 19 heavy (non-hydrogen) atoms. The van der Waals surface area contributed by atoms with E-state index in [0.717, 1.165) is 24.9 Å². The van der Waals surface area contributed by atoms with Crippen LogP contribution in [0.2, 0.25) is 0 Å². The molecule has 4 heteroatoms. The molecule has 0 spiro atoms. The van der Waals surface area contributed by atoms with E-state index in [1.54, 1.807) is 0 Å². The molecule has 0 bridgehead atoms. The number of hydrogen-bond donors (Lipinski definition) is 1. The van der Waals surface area contributed by atoms with Crippen molar-refractivity contribution in [2.24, 2.45) is 0 Å². The number of rotatable bonds is 6. The molecule has 0 amide bonds. The van der Waals surface area contributed by atoms with E-state index in [4.69, 9.17) is 0 Å². The molecular formula is C15H20FN3. The summed E-state index contributed by atoms with van der Waals surface area (Å²) < 4.78 is 14.8. The lowest BCUT2D eigenvalue weighted by molar-refractivity contribution is 0.554. The van der Waals surface area contributed by atoms with Gasteiger partial charge in [0.2, 0.25) is 0 Å². The highest BCUT2D eigenvalue weighted by atomic mass is 19.1. The van der Waals surface area contributed by atoms with E-state index in [1.807, 2.05) is 30.1 Å². The van der Waals surface area contributed by atoms with Crippen molar-refractivity contribution < 1.29 is 4.39 Å². The van der Waals surface area contributed by atoms with Gasteiger partial charge in [0.25, 0.3) is 0 Å². The molecule has 0 radical (unpaired) electrons. The maximum Gasteiger partial charge on any atom is 0.123 e. The number of aryl methyl sites for hydroxylation is 1. The quantitative estimate of drug-likeness (QED) is 0.865. The van der Waals surface area contributed by atoms with Crippen molar-refractivity contribution in [2.75, 3.05) is 7.05 Å². The third-order valence-electron chi connectivity index (χ3n) is 3.30. The Morgan fingerprint density at radius 2 is 1.89 bits per heavy atom. The van der Waals surface area contributed by atoms with E-state index in [1.165, 1.54) is 17.7 Å². The molecule has 1 unspecified atom stereocenters. The molecule has 2 aromatic rings. The van der Waals surface area contributed by atoms with E-state index in [-0.39, 0.29) is 5.82 Å². The van der Waals surface area contributed by atoms with Gasteiger partial charge in [-0.2, -0.15) is 5.10 Å². The normalized spacial score (nSPS) is 12.6. The monoisotopic (exact) mass is 261 g/mol. The van der Waals surface area contributed by atoms with E-state index in [9.17, 15) is 4.39 Å². The molecule has 0 aliphatic rings. The molecule has 3 nitrogen and oxygen atoms in total. The maximum absolute atomic E-state index is 12.9. The van der Waals surface area contributed by atoms with E-state index in [0.29, 0.717) is 6.04 Å². The molecule has 0 saturated heterocycles. The lowest BCUT2D eigenvalue weighted by Gasteiger charge is -2.15. The van der Waals surface area contributed by atoms with Crippen LogP contribution >= 0.6 is 0 Å². The highest BCUT2D eigenvalue weighted by molar-refractivity contribution is 5.18. The first-order valence-electron chi connectivity index (χ1n) is 6.64. The van der Waals surface area contributed by atoms with Crippen LogP contribution in [0.1, 0.15) is 18.1 Å². The predicted molar refractivity (Wildman–Crippen MR) is 74.6 cm³/mol. The Kier molecular flexibility index (Phi) is 4.68. The highest BCUT2D eigenvalue weighted by Gasteiger charge is 2.10. The van der Waals surface area contributed by atoms with Crippen LogP contribution in [0.25, 0.3) is 0 Å². The lowest BCUT2D eigenvalue weighted by Crippen LogP contribution is -2.29. The average Bonchev–Trinajstić information content (AvgIpc) is 2.88. The summed E-state index contributed by atoms with van der Waals surface area (Å²) in [7, 11) is 1.96. The summed E-state index contributed by atoms with van der Waals surface area (Å²) in [4.78, 5) is 0. The first-order chi connectivity index (χ1) is 9.21. The first kappa shape index (κ1) is 13.7. The van der Waals surface area contributed by atoms with E-state index in [2.05, 4.69) is 23.5 Å². The molecule has 2 rings (SSSR count). The zero-order chi connectivity index (χ0) is 13.7. The van der Waals surface area contributed by atoms with Crippen LogP contribution in [0.5, 0.6) is 0 Å². The Balaban J connectivity index is 1.98. The smallest absolute Gasteiger partial charge is 0.123 e. The third-order valence-corrected chi connectivity index (χ3v) is 3.30. The second-order valence-electron chi connectivity index (χ2n) is 4.72. The van der Waals surface area contributed by atoms with Gasteiger partial charge in [0.15, 0.2) is 0 Å². The van der Waals surface area contributed by atoms with Crippen LogP contribution in [0.3, 0.4) is 0 Å². The number of aromatic nitrogens is 2. The summed E-state index contributed by atoms with van der Waals surface area (Å²) in [6, 6.07) is 7.04. The number of halogens is 1. The van der Waals surface area contributed by atoms with Crippen molar-refractivity contribution in [1.29, 1.82) is 0 Å². The van der Waals surface area contributed by atoms with Crippen LogP contribution in [0.4, 0.5) is 4.39 Å². The van der Waals surface area contributed by atoms with Gasteiger partial charge >= 0.3 is 0 Å². The van der Waals surface area contributed by atoms with Crippen molar-refractivity contribution >= 4 is 0 Å². The first-order valence-corrected chi connectivity index (χ1v) is 6.64. The van der Waals surface area contributed by atoms with Crippen LogP contribution < -0.4 is 5.32 Å². The number of nitrogens with zero attached hydrogens (tertiary/aromatic N) is 2. The van der Waals surface area contributed by atoms with Crippen molar-refractivity contribution in [3.05, 3.63) is 53.6 Å². The number of hydrogen-bond acceptors (Lipinski definition) is 2. The Morgan fingerprint density at radius 3 is 2.47 bits per heavy atom. The van der Waals surface area contributed by atoms with E-state index >= 15 is 0 Å². The molecule has 0 fully saturated rings. The number of nitrogens with one attached hydrogen (secondary N) is 1. The van der Waals surface area contributed by atoms with Crippen molar-refractivity contribution in [3.8, 4) is 0 Å². The summed E-state index contributed by atoms with van der Waals surface area (Å²) in [5, 5.41) is 7.59. The molecule has 1 aromatic carbocycles. The van der Waals surface area contributed by atoms with Crippen LogP contribution in [-0.2, 0) is 19.4 Å². The molecule has 0 aliphatic carbocycles. The zero-order valence-corrected chi connectivity index (χ0v) is 11.4. The Hall–Kier alpha value is -1.68. The Morgan fingerprint density at radius 1 is 1.21 bits per heavy atom. The molecule has 102 valence electrons. The van der Waals surface area contributed by atoms with Gasteiger partial charge in [-0.25, -0.2) is 4.39 Å². The topological polar surface area (TPSA) is 29.9 Å². The van der Waals surface area contributed by atoms with Crippen LogP contribution in [-0.4, -0.2) is 22.9 Å². The maximum atomic E-state index is 12.9. The summed E-state index contributed by atoms with van der Waals surface area (Å²) >= 11 is 0. The standard InChI is InChI=1S/C15H20FN3/c1-3-19-11-13(10-18-19)9-15(17-2)8-12-4-6-14(16)7-5-12/h4-7,10-11,15,17H,3,8-9H2,1-2H3. The minimum absolute atomic E-state index is 0.186. The summed E-state index contributed by atoms with van der Waals surface area (Å²) in [6.07, 6.45) is 5.80. The summed E-state index contributed by atoms with van der Waals surface area (Å²) in [5.41, 5.74) is 2.37. The van der Waals surface area contributed by atoms with Crippen LogP contribution in [0.15, 0.2) is 36.7 Å². The summed E-state index contributed by atoms with van der Waals surface area (Å²) in [5.74, 6) is -0.186. The number of benzene rings is 1. The van der Waals surface area contributed by atoms with Crippen LogP contribution in [0, 0.1) is 5.82 Å². The molecule has 0 saturated carbocycles. The fourth-order valence-corrected chi connectivity index (χ4v) is 2.15. The molecule has 1 heterocycles. The van der Waals surface area contributed by atoms with Crippen molar-refractivity contribution in [1.82, 2.24) is 15.1 Å². The van der Waals surface area contributed by atoms with E-state index < -0.39 is 0 Å². The van der Waals surface area contributed by atoms with Gasteiger partial charge in [-0.15, -0.1) is 0 Å².